The fourth-order valence-electron chi connectivity index (χ4n) is 15.1. The molecule has 38 nitrogen and oxygen atoms in total. The normalized spacial score (nSPS) is 33.7. The first-order chi connectivity index (χ1) is 54.3. The number of allylic oxidation sites excluding steroid dienone is 1. The lowest BCUT2D eigenvalue weighted by Gasteiger charge is -2.52. The molecule has 0 aromatic rings. The Balaban J connectivity index is 1.46. The summed E-state index contributed by atoms with van der Waals surface area (Å²) in [7, 11) is 0. The summed E-state index contributed by atoms with van der Waals surface area (Å²) in [6.07, 6.45) is -22.1. The van der Waals surface area contributed by atoms with E-state index in [1.54, 1.807) is 6.08 Å². The Morgan fingerprint density at radius 2 is 0.912 bits per heavy atom. The predicted octanol–water partition coefficient (Wildman–Crippen LogP) is -2.47. The highest BCUT2D eigenvalue weighted by atomic mass is 16.8. The van der Waals surface area contributed by atoms with Gasteiger partial charge < -0.3 is 161 Å². The lowest BCUT2D eigenvalue weighted by molar-refractivity contribution is -0.402. The van der Waals surface area contributed by atoms with Crippen molar-refractivity contribution in [2.75, 3.05) is 39.6 Å². The topological polar surface area (TPSA) is 607 Å². The summed E-state index contributed by atoms with van der Waals surface area (Å²) in [6.45, 7) is 0.498. The number of carboxylic acids is 2. The number of carboxylic acid groups (broad SMARTS) is 2. The minimum atomic E-state index is -3.59. The lowest BCUT2D eigenvalue weighted by atomic mass is 9.87. The molecule has 662 valence electrons. The number of ether oxygens (including phenoxy) is 10. The molecule has 38 heteroatoms. The Kier molecular flexibility index (Phi) is 45.0. The first-order valence-electron chi connectivity index (χ1n) is 40.7. The van der Waals surface area contributed by atoms with Crippen LogP contribution in [0.3, 0.4) is 0 Å². The van der Waals surface area contributed by atoms with Crippen LogP contribution < -0.4 is 21.3 Å². The fourth-order valence-corrected chi connectivity index (χ4v) is 15.1. The number of unbranched alkanes of at least 4 members (excludes halogenated alkanes) is 23. The summed E-state index contributed by atoms with van der Waals surface area (Å²) in [6, 6.07) is -6.82. The molecule has 114 heavy (non-hydrogen) atoms. The number of nitrogens with one attached hydrogen (secondary N) is 4. The van der Waals surface area contributed by atoms with Crippen LogP contribution in [-0.2, 0) is 76.1 Å². The molecule has 0 spiro atoms. The highest BCUT2D eigenvalue weighted by molar-refractivity contribution is 5.78. The van der Waals surface area contributed by atoms with Crippen molar-refractivity contribution in [3.63, 3.8) is 0 Å². The number of hydrogen-bond acceptors (Lipinski definition) is 32. The van der Waals surface area contributed by atoms with E-state index in [0.717, 1.165) is 85.0 Å². The molecule has 0 saturated carbocycles. The number of aliphatic hydroxyl groups excluding tert-OH is 16. The third kappa shape index (κ3) is 29.7. The largest absolute Gasteiger partial charge is 0.477 e. The molecule has 22 N–H and O–H groups in total. The molecule has 0 aromatic heterocycles. The van der Waals surface area contributed by atoms with Crippen molar-refractivity contribution in [1.29, 1.82) is 0 Å². The Labute approximate surface area is 665 Å². The average Bonchev–Trinajstić information content (AvgIpc) is 0.722. The van der Waals surface area contributed by atoms with E-state index in [-0.39, 0.29) is 6.42 Å². The molecule has 5 aliphatic rings. The van der Waals surface area contributed by atoms with Crippen LogP contribution in [0, 0.1) is 0 Å². The molecule has 0 aromatic carbocycles. The highest BCUT2D eigenvalue weighted by Gasteiger charge is 2.64. The molecule has 5 rings (SSSR count). The maximum atomic E-state index is 14.2. The van der Waals surface area contributed by atoms with Gasteiger partial charge in [0.25, 0.3) is 11.6 Å². The summed E-state index contributed by atoms with van der Waals surface area (Å²) in [5.74, 6) is -14.6. The van der Waals surface area contributed by atoms with Crippen molar-refractivity contribution >= 4 is 35.6 Å². The van der Waals surface area contributed by atoms with Crippen LogP contribution in [-0.4, -0.2) is 344 Å². The molecular formula is C76H134N4O34. The molecule has 5 saturated heterocycles. The fraction of sp³-hybridized carbons (Fsp3) is 0.895. The van der Waals surface area contributed by atoms with E-state index in [2.05, 4.69) is 35.1 Å². The van der Waals surface area contributed by atoms with Gasteiger partial charge in [-0.15, -0.1) is 0 Å². The first kappa shape index (κ1) is 100. The maximum Gasteiger partial charge on any atom is 0.364 e. The Morgan fingerprint density at radius 3 is 1.39 bits per heavy atom. The molecule has 5 aliphatic heterocycles. The first-order valence-corrected chi connectivity index (χ1v) is 40.7. The standard InChI is InChI=1S/C76H134N4O34/c1-6-8-10-12-14-16-18-20-22-24-26-28-30-32-46(89)45(80-54(93)33-31-29-27-25-23-21-19-17-15-13-11-9-7-2)41-105-71-63(99)62(98)65(52(39-84)107-71)109-72-64(100)69(66(53(40-85)108-72)110-70-57(79-44(5)88)61(97)59(95)50(37-82)106-70)114-76(74(103)104)35-48(91)56(78-43(4)87)68(113-76)60(96)51(38-83)111-75(73(101)102)34-47(90)55(77-42(3)86)67(112-75)58(94)49(92)36-81/h30,32,45-53,55-72,81-85,89-92,94-100H,6-29,31,33-41H2,1-5H3,(H,77,86)(H,78,87)(H,79,88)(H,80,93)(H,101,102)(H,103,104)/t45-,46+,47-,48-,49+,50+,51+,52+,53+,55+,56+,57+,58+,59-,60+,61+,62+,63+,64+,65+,66-,67?,68?,69+,70-,71+,72-,75+,76-/m0/s1. The molecular weight excluding hydrogens is 1510 g/mol. The number of amides is 4. The van der Waals surface area contributed by atoms with Gasteiger partial charge in [-0.25, -0.2) is 9.59 Å². The molecule has 5 heterocycles. The average molecular weight is 1650 g/mol. The number of rotatable bonds is 54. The van der Waals surface area contributed by atoms with E-state index >= 15 is 0 Å². The number of carbonyl (C=O) groups is 6. The highest BCUT2D eigenvalue weighted by Crippen LogP contribution is 2.42. The van der Waals surface area contributed by atoms with E-state index in [9.17, 15) is 121 Å². The van der Waals surface area contributed by atoms with E-state index in [1.165, 1.54) is 89.5 Å². The van der Waals surface area contributed by atoms with Gasteiger partial charge in [-0.3, -0.25) is 19.2 Å². The van der Waals surface area contributed by atoms with E-state index in [0.29, 0.717) is 12.8 Å². The van der Waals surface area contributed by atoms with Crippen molar-refractivity contribution < 1.29 is 168 Å². The van der Waals surface area contributed by atoms with Crippen molar-refractivity contribution in [2.24, 2.45) is 0 Å². The van der Waals surface area contributed by atoms with Gasteiger partial charge in [0, 0.05) is 40.0 Å². The molecule has 4 amide bonds. The summed E-state index contributed by atoms with van der Waals surface area (Å²) < 4.78 is 59.8. The zero-order valence-electron chi connectivity index (χ0n) is 66.4. The number of aliphatic hydroxyl groups is 16. The van der Waals surface area contributed by atoms with E-state index < -0.39 is 265 Å². The maximum absolute atomic E-state index is 14.2. The van der Waals surface area contributed by atoms with Gasteiger partial charge in [0.2, 0.25) is 23.6 Å². The zero-order valence-corrected chi connectivity index (χ0v) is 66.4. The molecule has 0 radical (unpaired) electrons. The Hall–Kier alpha value is -4.48. The van der Waals surface area contributed by atoms with Crippen LogP contribution in [0.25, 0.3) is 0 Å². The second-order valence-electron chi connectivity index (χ2n) is 30.7. The summed E-state index contributed by atoms with van der Waals surface area (Å²) >= 11 is 0. The number of carbonyl (C=O) groups excluding carboxylic acids is 4. The van der Waals surface area contributed by atoms with Gasteiger partial charge in [-0.1, -0.05) is 167 Å². The van der Waals surface area contributed by atoms with Crippen LogP contribution in [0.2, 0.25) is 0 Å². The van der Waals surface area contributed by atoms with E-state index in [4.69, 9.17) is 47.4 Å². The molecule has 0 aliphatic carbocycles. The van der Waals surface area contributed by atoms with Crippen LogP contribution >= 0.6 is 0 Å². The van der Waals surface area contributed by atoms with E-state index in [1.807, 2.05) is 0 Å². The van der Waals surface area contributed by atoms with Gasteiger partial charge in [0.1, 0.15) is 110 Å². The quantitative estimate of drug-likeness (QED) is 0.0222. The summed E-state index contributed by atoms with van der Waals surface area (Å²) in [4.78, 5) is 79.0. The Bertz CT molecular complexity index is 2830. The van der Waals surface area contributed by atoms with Gasteiger partial charge in [0.05, 0.1) is 76.1 Å². The van der Waals surface area contributed by atoms with Gasteiger partial charge in [-0.05, 0) is 19.3 Å². The zero-order chi connectivity index (χ0) is 84.4. The second-order valence-corrected chi connectivity index (χ2v) is 30.7. The minimum absolute atomic E-state index is 0.112. The SMILES string of the molecule is CCCCCCCCCCCCCC=C[C@@H](O)[C@H](CO[C@@H]1O[C@H](CO)[C@@H](O[C@@H]2O[C@H](CO)[C@H](O[C@@H]3O[C@H](CO)[C@H](O)[C@H](O)[C@H]3NC(C)=O)[C@H](O[C@]3(C(=O)O)C[C@H](O)[C@@H](NC(C)=O)C([C@H](O)[C@@H](CO)O[C@]4(C(=O)O)C[C@H](O)[C@@H](NC(C)=O)C([C@H](O)[C@H](O)CO)O4)O3)[C@H]2O)[C@H](O)[C@H]1O)NC(=O)CCCCCCCCCCCCCCC. The Morgan fingerprint density at radius 1 is 0.474 bits per heavy atom. The third-order valence-electron chi connectivity index (χ3n) is 21.5. The van der Waals surface area contributed by atoms with Gasteiger partial charge in [0.15, 0.2) is 18.9 Å². The van der Waals surface area contributed by atoms with Crippen LogP contribution in [0.15, 0.2) is 12.2 Å². The van der Waals surface area contributed by atoms with Crippen LogP contribution in [0.5, 0.6) is 0 Å². The second kappa shape index (κ2) is 51.2. The summed E-state index contributed by atoms with van der Waals surface area (Å²) in [5, 5.41) is 213. The molecule has 2 unspecified atom stereocenters. The monoisotopic (exact) mass is 1650 g/mol. The smallest absolute Gasteiger partial charge is 0.364 e. The number of hydrogen-bond donors (Lipinski definition) is 22. The van der Waals surface area contributed by atoms with Crippen molar-refractivity contribution in [3.05, 3.63) is 12.2 Å². The number of aliphatic carboxylic acids is 2. The lowest BCUT2D eigenvalue weighted by Crippen LogP contribution is -2.72. The minimum Gasteiger partial charge on any atom is -0.477 e. The van der Waals surface area contributed by atoms with Gasteiger partial charge in [-0.2, -0.15) is 0 Å². The third-order valence-corrected chi connectivity index (χ3v) is 21.5. The molecule has 29 atom stereocenters. The van der Waals surface area contributed by atoms with Crippen molar-refractivity contribution in [3.8, 4) is 0 Å². The molecule has 5 fully saturated rings. The van der Waals surface area contributed by atoms with Crippen molar-refractivity contribution in [2.45, 2.75) is 391 Å². The van der Waals surface area contributed by atoms with Crippen LogP contribution in [0.4, 0.5) is 0 Å². The van der Waals surface area contributed by atoms with Gasteiger partial charge >= 0.3 is 11.9 Å². The summed E-state index contributed by atoms with van der Waals surface area (Å²) in [5.41, 5.74) is 0. The van der Waals surface area contributed by atoms with Crippen molar-refractivity contribution in [1.82, 2.24) is 21.3 Å². The predicted molar refractivity (Wildman–Crippen MR) is 398 cm³/mol. The van der Waals surface area contributed by atoms with Crippen LogP contribution in [0.1, 0.15) is 214 Å². The molecule has 0 bridgehead atoms.